The Morgan fingerprint density at radius 2 is 2.05 bits per heavy atom. The Hall–Kier alpha value is -2.55. The Kier molecular flexibility index (Phi) is 3.89. The van der Waals surface area contributed by atoms with Crippen LogP contribution in [0.4, 0.5) is 5.69 Å². The van der Waals surface area contributed by atoms with Gasteiger partial charge in [-0.05, 0) is 12.1 Å². The van der Waals surface area contributed by atoms with Crippen molar-refractivity contribution in [2.45, 2.75) is 0 Å². The van der Waals surface area contributed by atoms with Gasteiger partial charge in [-0.2, -0.15) is 0 Å². The van der Waals surface area contributed by atoms with E-state index in [0.29, 0.717) is 4.47 Å². The monoisotopic (exact) mass is 339 g/mol. The first-order valence-electron chi connectivity index (χ1n) is 5.15. The van der Waals surface area contributed by atoms with Crippen molar-refractivity contribution >= 4 is 27.6 Å². The Morgan fingerprint density at radius 3 is 2.70 bits per heavy atom. The van der Waals surface area contributed by atoms with E-state index in [-0.39, 0.29) is 17.3 Å². The van der Waals surface area contributed by atoms with Crippen LogP contribution in [0.2, 0.25) is 0 Å². The minimum atomic E-state index is -1.34. The molecule has 0 spiro atoms. The summed E-state index contributed by atoms with van der Waals surface area (Å²) in [6.07, 6.45) is 2.42. The second-order valence-corrected chi connectivity index (χ2v) is 4.40. The number of benzene rings is 1. The van der Waals surface area contributed by atoms with Crippen LogP contribution in [0.15, 0.2) is 35.1 Å². The Morgan fingerprint density at radius 1 is 1.35 bits per heavy atom. The van der Waals surface area contributed by atoms with Gasteiger partial charge in [-0.3, -0.25) is 10.1 Å². The van der Waals surface area contributed by atoms with Gasteiger partial charge in [0, 0.05) is 22.9 Å². The van der Waals surface area contributed by atoms with E-state index in [1.54, 1.807) is 0 Å². The number of aromatic carboxylic acids is 1. The molecule has 2 aromatic rings. The van der Waals surface area contributed by atoms with E-state index in [2.05, 4.69) is 25.9 Å². The van der Waals surface area contributed by atoms with Crippen molar-refractivity contribution < 1.29 is 19.6 Å². The van der Waals surface area contributed by atoms with E-state index in [1.807, 2.05) is 0 Å². The van der Waals surface area contributed by atoms with Crippen LogP contribution >= 0.6 is 15.9 Å². The van der Waals surface area contributed by atoms with E-state index >= 15 is 0 Å². The summed E-state index contributed by atoms with van der Waals surface area (Å²) in [5.74, 6) is -1.78. The second-order valence-electron chi connectivity index (χ2n) is 3.49. The number of carboxylic acid groups (broad SMARTS) is 1. The third-order valence-electron chi connectivity index (χ3n) is 2.19. The standard InChI is InChI=1S/C11H6BrN3O5/c12-6-1-2-8(7(5-6)15(18)19)20-10-9(11(16)17)13-3-4-14-10/h1-5H,(H,16,17). The molecule has 0 unspecified atom stereocenters. The SMILES string of the molecule is O=C(O)c1nccnc1Oc1ccc(Br)cc1[N+](=O)[O-]. The molecule has 0 aliphatic rings. The molecule has 0 bridgehead atoms. The van der Waals surface area contributed by atoms with Crippen LogP contribution in [0.3, 0.4) is 0 Å². The molecule has 0 amide bonds. The molecule has 0 radical (unpaired) electrons. The maximum absolute atomic E-state index is 11.0. The van der Waals surface area contributed by atoms with Gasteiger partial charge in [-0.15, -0.1) is 0 Å². The lowest BCUT2D eigenvalue weighted by Crippen LogP contribution is -2.05. The maximum atomic E-state index is 11.0. The highest BCUT2D eigenvalue weighted by molar-refractivity contribution is 9.10. The number of hydrogen-bond acceptors (Lipinski definition) is 6. The average molecular weight is 340 g/mol. The van der Waals surface area contributed by atoms with Crippen molar-refractivity contribution in [3.63, 3.8) is 0 Å². The summed E-state index contributed by atoms with van der Waals surface area (Å²) < 4.78 is 5.70. The number of ether oxygens (including phenoxy) is 1. The van der Waals surface area contributed by atoms with Crippen molar-refractivity contribution in [2.24, 2.45) is 0 Å². The summed E-state index contributed by atoms with van der Waals surface area (Å²) in [7, 11) is 0. The third-order valence-corrected chi connectivity index (χ3v) is 2.68. The van der Waals surface area contributed by atoms with Gasteiger partial charge in [-0.25, -0.2) is 14.8 Å². The van der Waals surface area contributed by atoms with Crippen LogP contribution in [-0.2, 0) is 0 Å². The first-order valence-corrected chi connectivity index (χ1v) is 5.94. The molecular formula is C11H6BrN3O5. The lowest BCUT2D eigenvalue weighted by Gasteiger charge is -2.07. The number of halogens is 1. The minimum Gasteiger partial charge on any atom is -0.476 e. The quantitative estimate of drug-likeness (QED) is 0.672. The van der Waals surface area contributed by atoms with Crippen LogP contribution in [0, 0.1) is 10.1 Å². The van der Waals surface area contributed by atoms with Gasteiger partial charge < -0.3 is 9.84 Å². The molecule has 1 N–H and O–H groups in total. The number of carboxylic acids is 1. The van der Waals surface area contributed by atoms with Gasteiger partial charge >= 0.3 is 11.7 Å². The summed E-state index contributed by atoms with van der Waals surface area (Å²) in [5.41, 5.74) is -0.744. The molecule has 0 aliphatic carbocycles. The predicted octanol–water partition coefficient (Wildman–Crippen LogP) is 2.64. The number of rotatable bonds is 4. The zero-order valence-corrected chi connectivity index (χ0v) is 11.3. The molecular weight excluding hydrogens is 334 g/mol. The molecule has 0 atom stereocenters. The third kappa shape index (κ3) is 2.88. The van der Waals surface area contributed by atoms with E-state index in [0.717, 1.165) is 0 Å². The highest BCUT2D eigenvalue weighted by Crippen LogP contribution is 2.33. The molecule has 1 aromatic heterocycles. The van der Waals surface area contributed by atoms with Crippen LogP contribution in [-0.4, -0.2) is 26.0 Å². The fourth-order valence-corrected chi connectivity index (χ4v) is 1.72. The molecule has 102 valence electrons. The van der Waals surface area contributed by atoms with Crippen molar-refractivity contribution in [1.82, 2.24) is 9.97 Å². The van der Waals surface area contributed by atoms with Gasteiger partial charge in [0.25, 0.3) is 5.88 Å². The number of carbonyl (C=O) groups is 1. The molecule has 8 nitrogen and oxygen atoms in total. The van der Waals surface area contributed by atoms with Crippen LogP contribution < -0.4 is 4.74 Å². The highest BCUT2D eigenvalue weighted by atomic mass is 79.9. The maximum Gasteiger partial charge on any atom is 0.360 e. The zero-order valence-electron chi connectivity index (χ0n) is 9.69. The summed E-state index contributed by atoms with van der Waals surface area (Å²) in [6.45, 7) is 0. The molecule has 1 heterocycles. The van der Waals surface area contributed by atoms with Gasteiger partial charge in [0.1, 0.15) is 0 Å². The van der Waals surface area contributed by atoms with E-state index in [4.69, 9.17) is 9.84 Å². The number of hydrogen-bond donors (Lipinski definition) is 1. The molecule has 1 aromatic carbocycles. The van der Waals surface area contributed by atoms with Crippen molar-refractivity contribution in [2.75, 3.05) is 0 Å². The number of nitro groups is 1. The van der Waals surface area contributed by atoms with Gasteiger partial charge in [0.15, 0.2) is 0 Å². The fourth-order valence-electron chi connectivity index (χ4n) is 1.37. The largest absolute Gasteiger partial charge is 0.476 e. The molecule has 0 fully saturated rings. The van der Waals surface area contributed by atoms with Gasteiger partial charge in [0.05, 0.1) is 4.92 Å². The normalized spacial score (nSPS) is 10.1. The van der Waals surface area contributed by atoms with E-state index < -0.39 is 16.6 Å². The molecule has 0 saturated heterocycles. The first-order chi connectivity index (χ1) is 9.49. The average Bonchev–Trinajstić information content (AvgIpc) is 2.41. The van der Waals surface area contributed by atoms with Crippen LogP contribution in [0.1, 0.15) is 10.5 Å². The summed E-state index contributed by atoms with van der Waals surface area (Å²) in [4.78, 5) is 28.6. The lowest BCUT2D eigenvalue weighted by molar-refractivity contribution is -0.385. The lowest BCUT2D eigenvalue weighted by atomic mass is 10.3. The summed E-state index contributed by atoms with van der Waals surface area (Å²) in [5, 5.41) is 19.9. The zero-order chi connectivity index (χ0) is 14.7. The minimum absolute atomic E-state index is 0.124. The molecule has 9 heteroatoms. The van der Waals surface area contributed by atoms with Gasteiger partial charge in [0.2, 0.25) is 11.4 Å². The molecule has 0 saturated carbocycles. The fraction of sp³-hybridized carbons (Fsp3) is 0. The van der Waals surface area contributed by atoms with Gasteiger partial charge in [-0.1, -0.05) is 15.9 Å². The number of nitro benzene ring substituents is 1. The first kappa shape index (κ1) is 13.9. The topological polar surface area (TPSA) is 115 Å². The Labute approximate surface area is 120 Å². The number of nitrogens with zero attached hydrogens (tertiary/aromatic N) is 3. The molecule has 20 heavy (non-hydrogen) atoms. The van der Waals surface area contributed by atoms with E-state index in [1.165, 1.54) is 30.6 Å². The summed E-state index contributed by atoms with van der Waals surface area (Å²) >= 11 is 3.11. The second kappa shape index (κ2) is 5.61. The van der Waals surface area contributed by atoms with Crippen molar-refractivity contribution in [3.05, 3.63) is 50.9 Å². The highest BCUT2D eigenvalue weighted by Gasteiger charge is 2.20. The van der Waals surface area contributed by atoms with Crippen molar-refractivity contribution in [1.29, 1.82) is 0 Å². The Balaban J connectivity index is 2.45. The Bertz CT molecular complexity index is 692. The summed E-state index contributed by atoms with van der Waals surface area (Å²) in [6, 6.07) is 4.10. The van der Waals surface area contributed by atoms with Crippen LogP contribution in [0.5, 0.6) is 11.6 Å². The van der Waals surface area contributed by atoms with E-state index in [9.17, 15) is 14.9 Å². The molecule has 2 rings (SSSR count). The molecule has 0 aliphatic heterocycles. The van der Waals surface area contributed by atoms with Crippen molar-refractivity contribution in [3.8, 4) is 11.6 Å². The van der Waals surface area contributed by atoms with Crippen LogP contribution in [0.25, 0.3) is 0 Å². The smallest absolute Gasteiger partial charge is 0.360 e. The number of aromatic nitrogens is 2. The predicted molar refractivity (Wildman–Crippen MR) is 69.9 cm³/mol.